The van der Waals surface area contributed by atoms with Crippen molar-refractivity contribution in [2.45, 2.75) is 56.1 Å². The number of hydrogen-bond acceptors (Lipinski definition) is 4. The van der Waals surface area contributed by atoms with Crippen LogP contribution in [0.3, 0.4) is 0 Å². The smallest absolute Gasteiger partial charge is 0.261 e. The van der Waals surface area contributed by atoms with Crippen molar-refractivity contribution in [2.24, 2.45) is 0 Å². The molecule has 0 aliphatic heterocycles. The van der Waals surface area contributed by atoms with Crippen molar-refractivity contribution >= 4 is 37.5 Å². The molecule has 6 nitrogen and oxygen atoms in total. The lowest BCUT2D eigenvalue weighted by Crippen LogP contribution is -2.43. The molecule has 2 aromatic carbocycles. The fourth-order valence-electron chi connectivity index (χ4n) is 3.25. The van der Waals surface area contributed by atoms with Gasteiger partial charge in [0.05, 0.1) is 4.90 Å². The Morgan fingerprint density at radius 2 is 1.66 bits per heavy atom. The molecule has 1 saturated carbocycles. The van der Waals surface area contributed by atoms with Crippen molar-refractivity contribution < 1.29 is 17.9 Å². The summed E-state index contributed by atoms with van der Waals surface area (Å²) >= 11 is 3.32. The van der Waals surface area contributed by atoms with Gasteiger partial charge in [0.15, 0.2) is 6.10 Å². The van der Waals surface area contributed by atoms with Crippen LogP contribution in [-0.4, -0.2) is 26.5 Å². The van der Waals surface area contributed by atoms with Gasteiger partial charge < -0.3 is 10.1 Å². The first kappa shape index (κ1) is 21.6. The van der Waals surface area contributed by atoms with Gasteiger partial charge in [-0.2, -0.15) is 0 Å². The molecule has 29 heavy (non-hydrogen) atoms. The summed E-state index contributed by atoms with van der Waals surface area (Å²) in [5.74, 6) is 0.296. The summed E-state index contributed by atoms with van der Waals surface area (Å²) < 4.78 is 34.1. The average molecular weight is 481 g/mol. The van der Waals surface area contributed by atoms with Crippen molar-refractivity contribution in [3.63, 3.8) is 0 Å². The normalized spacial score (nSPS) is 16.1. The maximum atomic E-state index is 12.5. The minimum Gasteiger partial charge on any atom is -0.481 e. The standard InChI is InChI=1S/C21H25BrN2O4S/c1-15(21(25)23-17-5-3-2-4-6-17)28-19-11-13-20(14-12-19)29(26,27)24-18-9-7-16(22)8-10-18/h7-15,17,24H,2-6H2,1H3,(H,23,25)/t15-/m0/s1. The van der Waals surface area contributed by atoms with Gasteiger partial charge in [-0.15, -0.1) is 0 Å². The van der Waals surface area contributed by atoms with Crippen LogP contribution in [-0.2, 0) is 14.8 Å². The maximum Gasteiger partial charge on any atom is 0.261 e. The minimum atomic E-state index is -3.71. The number of anilines is 1. The third-order valence-electron chi connectivity index (χ3n) is 4.86. The first-order valence-corrected chi connectivity index (χ1v) is 12.0. The molecule has 1 amide bonds. The Kier molecular flexibility index (Phi) is 7.18. The molecule has 0 radical (unpaired) electrons. The van der Waals surface area contributed by atoms with E-state index in [1.807, 2.05) is 0 Å². The van der Waals surface area contributed by atoms with Crippen LogP contribution >= 0.6 is 15.9 Å². The van der Waals surface area contributed by atoms with Crippen molar-refractivity contribution in [2.75, 3.05) is 4.72 Å². The van der Waals surface area contributed by atoms with E-state index in [0.717, 1.165) is 30.2 Å². The molecular weight excluding hydrogens is 456 g/mol. The summed E-state index contributed by atoms with van der Waals surface area (Å²) in [6.07, 6.45) is 4.88. The number of sulfonamides is 1. The average Bonchev–Trinajstić information content (AvgIpc) is 2.71. The highest BCUT2D eigenvalue weighted by atomic mass is 79.9. The van der Waals surface area contributed by atoms with Gasteiger partial charge in [-0.1, -0.05) is 35.2 Å². The van der Waals surface area contributed by atoms with Gasteiger partial charge in [0.2, 0.25) is 0 Å². The number of ether oxygens (including phenoxy) is 1. The van der Waals surface area contributed by atoms with Crippen LogP contribution in [0.5, 0.6) is 5.75 Å². The number of carbonyl (C=O) groups excluding carboxylic acids is 1. The molecule has 2 N–H and O–H groups in total. The Labute approximate surface area is 180 Å². The van der Waals surface area contributed by atoms with E-state index in [0.29, 0.717) is 11.4 Å². The second-order valence-electron chi connectivity index (χ2n) is 7.19. The molecule has 0 saturated heterocycles. The van der Waals surface area contributed by atoms with Crippen LogP contribution < -0.4 is 14.8 Å². The van der Waals surface area contributed by atoms with Gasteiger partial charge >= 0.3 is 0 Å². The molecular formula is C21H25BrN2O4S. The SMILES string of the molecule is C[C@H](Oc1ccc(S(=O)(=O)Nc2ccc(Br)cc2)cc1)C(=O)NC1CCCCC1. The van der Waals surface area contributed by atoms with Crippen LogP contribution in [0, 0.1) is 0 Å². The Morgan fingerprint density at radius 1 is 1.03 bits per heavy atom. The Bertz CT molecular complexity index is 924. The Balaban J connectivity index is 1.58. The molecule has 2 aromatic rings. The molecule has 1 aliphatic rings. The molecule has 8 heteroatoms. The summed E-state index contributed by atoms with van der Waals surface area (Å²) in [7, 11) is -3.71. The molecule has 0 heterocycles. The van der Waals surface area contributed by atoms with E-state index >= 15 is 0 Å². The van der Waals surface area contributed by atoms with Gasteiger partial charge in [-0.05, 0) is 68.3 Å². The van der Waals surface area contributed by atoms with Crippen LogP contribution in [0.1, 0.15) is 39.0 Å². The van der Waals surface area contributed by atoms with Gasteiger partial charge in [0, 0.05) is 16.2 Å². The number of nitrogens with one attached hydrogen (secondary N) is 2. The predicted octanol–water partition coefficient (Wildman–Crippen LogP) is 4.47. The highest BCUT2D eigenvalue weighted by molar-refractivity contribution is 9.10. The van der Waals surface area contributed by atoms with Gasteiger partial charge in [0.1, 0.15) is 5.75 Å². The molecule has 0 aromatic heterocycles. The van der Waals surface area contributed by atoms with Gasteiger partial charge in [-0.25, -0.2) is 8.42 Å². The number of halogens is 1. The lowest BCUT2D eigenvalue weighted by molar-refractivity contribution is -0.128. The summed E-state index contributed by atoms with van der Waals surface area (Å²) in [6, 6.07) is 13.1. The van der Waals surface area contributed by atoms with E-state index in [1.54, 1.807) is 43.3 Å². The highest BCUT2D eigenvalue weighted by Gasteiger charge is 2.21. The van der Waals surface area contributed by atoms with Crippen molar-refractivity contribution in [3.05, 3.63) is 53.0 Å². The van der Waals surface area contributed by atoms with Gasteiger partial charge in [-0.3, -0.25) is 9.52 Å². The van der Waals surface area contributed by atoms with E-state index in [4.69, 9.17) is 4.74 Å². The van der Waals surface area contributed by atoms with Crippen LogP contribution in [0.2, 0.25) is 0 Å². The summed E-state index contributed by atoms with van der Waals surface area (Å²) in [5.41, 5.74) is 0.474. The number of benzene rings is 2. The first-order valence-electron chi connectivity index (χ1n) is 9.69. The molecule has 1 fully saturated rings. The predicted molar refractivity (Wildman–Crippen MR) is 116 cm³/mol. The summed E-state index contributed by atoms with van der Waals surface area (Å²) in [6.45, 7) is 1.69. The molecule has 0 spiro atoms. The number of hydrogen-bond donors (Lipinski definition) is 2. The molecule has 1 aliphatic carbocycles. The first-order chi connectivity index (χ1) is 13.8. The van der Waals surface area contributed by atoms with Gasteiger partial charge in [0.25, 0.3) is 15.9 Å². The van der Waals surface area contributed by atoms with Crippen molar-refractivity contribution in [3.8, 4) is 5.75 Å². The van der Waals surface area contributed by atoms with Crippen LogP contribution in [0.4, 0.5) is 5.69 Å². The van der Waals surface area contributed by atoms with E-state index < -0.39 is 16.1 Å². The van der Waals surface area contributed by atoms with E-state index in [9.17, 15) is 13.2 Å². The third kappa shape index (κ3) is 6.21. The number of rotatable bonds is 7. The van der Waals surface area contributed by atoms with Crippen LogP contribution in [0.15, 0.2) is 57.9 Å². The summed E-state index contributed by atoms with van der Waals surface area (Å²) in [5, 5.41) is 3.03. The molecule has 156 valence electrons. The van der Waals surface area contributed by atoms with Crippen molar-refractivity contribution in [1.82, 2.24) is 5.32 Å². The zero-order chi connectivity index (χ0) is 20.9. The number of carbonyl (C=O) groups is 1. The fourth-order valence-corrected chi connectivity index (χ4v) is 4.58. The summed E-state index contributed by atoms with van der Waals surface area (Å²) in [4.78, 5) is 12.4. The fraction of sp³-hybridized carbons (Fsp3) is 0.381. The quantitative estimate of drug-likeness (QED) is 0.612. The van der Waals surface area contributed by atoms with E-state index in [1.165, 1.54) is 18.6 Å². The topological polar surface area (TPSA) is 84.5 Å². The highest BCUT2D eigenvalue weighted by Crippen LogP contribution is 2.22. The Morgan fingerprint density at radius 3 is 2.28 bits per heavy atom. The molecule has 0 unspecified atom stereocenters. The molecule has 1 atom stereocenters. The zero-order valence-electron chi connectivity index (χ0n) is 16.2. The second-order valence-corrected chi connectivity index (χ2v) is 9.79. The van der Waals surface area contributed by atoms with E-state index in [-0.39, 0.29) is 16.8 Å². The van der Waals surface area contributed by atoms with E-state index in [2.05, 4.69) is 26.0 Å². The lowest BCUT2D eigenvalue weighted by Gasteiger charge is -2.24. The second kappa shape index (κ2) is 9.63. The monoisotopic (exact) mass is 480 g/mol. The number of amides is 1. The zero-order valence-corrected chi connectivity index (χ0v) is 18.6. The van der Waals surface area contributed by atoms with Crippen molar-refractivity contribution in [1.29, 1.82) is 0 Å². The minimum absolute atomic E-state index is 0.118. The Hall–Kier alpha value is -2.06. The molecule has 3 rings (SSSR count). The third-order valence-corrected chi connectivity index (χ3v) is 6.79. The maximum absolute atomic E-state index is 12.5. The lowest BCUT2D eigenvalue weighted by atomic mass is 9.95. The largest absolute Gasteiger partial charge is 0.481 e. The van der Waals surface area contributed by atoms with Crippen LogP contribution in [0.25, 0.3) is 0 Å². The molecule has 0 bridgehead atoms.